The molecule has 0 radical (unpaired) electrons. The van der Waals surface area contributed by atoms with Gasteiger partial charge in [0.05, 0.1) is 5.52 Å². The van der Waals surface area contributed by atoms with Gasteiger partial charge in [-0.25, -0.2) is 0 Å². The second kappa shape index (κ2) is 6.94. The van der Waals surface area contributed by atoms with E-state index in [9.17, 15) is 0 Å². The minimum absolute atomic E-state index is 1.27. The summed E-state index contributed by atoms with van der Waals surface area (Å²) in [7, 11) is 2.20. The fourth-order valence-corrected chi connectivity index (χ4v) is 7.12. The first-order valence-electron chi connectivity index (χ1n) is 12.0. The molecule has 0 spiro atoms. The van der Waals surface area contributed by atoms with Gasteiger partial charge < -0.3 is 4.57 Å². The number of aryl methyl sites for hydroxylation is 1. The maximum absolute atomic E-state index is 2.40. The van der Waals surface area contributed by atoms with Gasteiger partial charge in [0, 0.05) is 48.9 Å². The van der Waals surface area contributed by atoms with Crippen molar-refractivity contribution in [1.82, 2.24) is 4.57 Å². The lowest BCUT2D eigenvalue weighted by Gasteiger charge is -2.08. The second-order valence-electron chi connectivity index (χ2n) is 9.41. The number of nitrogens with zero attached hydrogens (tertiary/aromatic N) is 1. The van der Waals surface area contributed by atoms with Gasteiger partial charge in [-0.15, -0.1) is 11.3 Å². The molecule has 1 nitrogen and oxygen atoms in total. The minimum Gasteiger partial charge on any atom is -0.343 e. The van der Waals surface area contributed by atoms with E-state index in [1.807, 2.05) is 11.3 Å². The minimum atomic E-state index is 1.27. The molecule has 8 rings (SSSR count). The van der Waals surface area contributed by atoms with Crippen molar-refractivity contribution >= 4 is 74.9 Å². The zero-order valence-corrected chi connectivity index (χ0v) is 20.1. The van der Waals surface area contributed by atoms with Crippen molar-refractivity contribution in [2.24, 2.45) is 7.05 Å². The number of hydrogen-bond acceptors (Lipinski definition) is 1. The largest absolute Gasteiger partial charge is 0.343 e. The topological polar surface area (TPSA) is 4.93 Å². The van der Waals surface area contributed by atoms with E-state index in [0.717, 1.165) is 0 Å². The third kappa shape index (κ3) is 2.58. The van der Waals surface area contributed by atoms with Crippen LogP contribution in [0.1, 0.15) is 0 Å². The molecule has 0 amide bonds. The summed E-state index contributed by atoms with van der Waals surface area (Å²) in [4.78, 5) is 0. The highest BCUT2D eigenvalue weighted by Crippen LogP contribution is 2.42. The second-order valence-corrected chi connectivity index (χ2v) is 10.5. The van der Waals surface area contributed by atoms with Gasteiger partial charge in [-0.2, -0.15) is 0 Å². The highest BCUT2D eigenvalue weighted by Gasteiger charge is 2.17. The Kier molecular flexibility index (Phi) is 3.81. The van der Waals surface area contributed by atoms with Crippen molar-refractivity contribution in [2.75, 3.05) is 0 Å². The van der Waals surface area contributed by atoms with E-state index in [1.54, 1.807) is 0 Å². The monoisotopic (exact) mass is 463 g/mol. The number of fused-ring (bicyclic) bond motifs is 11. The first kappa shape index (κ1) is 19.2. The molecule has 2 heterocycles. The fraction of sp³-hybridized carbons (Fsp3) is 0.0303. The van der Waals surface area contributed by atoms with Crippen LogP contribution in [0.3, 0.4) is 0 Å². The maximum Gasteiger partial charge on any atom is 0.0574 e. The van der Waals surface area contributed by atoms with Crippen LogP contribution in [0.25, 0.3) is 74.6 Å². The van der Waals surface area contributed by atoms with E-state index in [4.69, 9.17) is 0 Å². The predicted molar refractivity (Wildman–Crippen MR) is 154 cm³/mol. The van der Waals surface area contributed by atoms with Gasteiger partial charge in [0.15, 0.2) is 0 Å². The first-order valence-corrected chi connectivity index (χ1v) is 12.8. The zero-order valence-electron chi connectivity index (χ0n) is 19.2. The SMILES string of the molecule is Cn1c2ccc(-c3ccc4c(c3)sc3ccccc34)cc2c2c3ccccc3c3ccccc3c21. The van der Waals surface area contributed by atoms with Crippen molar-refractivity contribution < 1.29 is 0 Å². The Morgan fingerprint density at radius 1 is 0.486 bits per heavy atom. The van der Waals surface area contributed by atoms with E-state index in [-0.39, 0.29) is 0 Å². The molecule has 6 aromatic carbocycles. The molecular weight excluding hydrogens is 442 g/mol. The van der Waals surface area contributed by atoms with Gasteiger partial charge in [-0.3, -0.25) is 0 Å². The zero-order chi connectivity index (χ0) is 23.1. The number of aromatic nitrogens is 1. The summed E-state index contributed by atoms with van der Waals surface area (Å²) in [5.41, 5.74) is 5.12. The third-order valence-electron chi connectivity index (χ3n) is 7.58. The highest BCUT2D eigenvalue weighted by atomic mass is 32.1. The van der Waals surface area contributed by atoms with Crippen LogP contribution < -0.4 is 0 Å². The van der Waals surface area contributed by atoms with Crippen LogP contribution in [-0.2, 0) is 7.05 Å². The van der Waals surface area contributed by atoms with Crippen LogP contribution in [0.15, 0.2) is 109 Å². The number of thiophene rings is 1. The molecule has 8 aromatic rings. The van der Waals surface area contributed by atoms with Crippen molar-refractivity contribution in [1.29, 1.82) is 0 Å². The van der Waals surface area contributed by atoms with Gasteiger partial charge in [-0.05, 0) is 51.6 Å². The Hall–Kier alpha value is -4.14. The predicted octanol–water partition coefficient (Wildman–Crippen LogP) is 9.67. The van der Waals surface area contributed by atoms with Crippen LogP contribution in [-0.4, -0.2) is 4.57 Å². The van der Waals surface area contributed by atoms with Crippen molar-refractivity contribution in [3.63, 3.8) is 0 Å². The molecule has 2 aromatic heterocycles. The Bertz CT molecular complexity index is 2120. The molecule has 0 fully saturated rings. The summed E-state index contributed by atoms with van der Waals surface area (Å²) in [6.45, 7) is 0. The molecule has 0 aliphatic heterocycles. The Morgan fingerprint density at radius 2 is 1.09 bits per heavy atom. The lowest BCUT2D eigenvalue weighted by molar-refractivity contribution is 1.02. The van der Waals surface area contributed by atoms with Crippen LogP contribution >= 0.6 is 11.3 Å². The van der Waals surface area contributed by atoms with Gasteiger partial charge >= 0.3 is 0 Å². The number of rotatable bonds is 1. The molecule has 164 valence electrons. The maximum atomic E-state index is 2.40. The lowest BCUT2D eigenvalue weighted by Crippen LogP contribution is -1.89. The highest BCUT2D eigenvalue weighted by molar-refractivity contribution is 7.25. The molecule has 0 aliphatic rings. The Labute approximate surface area is 206 Å². The molecule has 0 saturated carbocycles. The van der Waals surface area contributed by atoms with E-state index in [0.29, 0.717) is 0 Å². The van der Waals surface area contributed by atoms with Crippen LogP contribution in [0, 0.1) is 0 Å². The fourth-order valence-electron chi connectivity index (χ4n) is 5.98. The van der Waals surface area contributed by atoms with Crippen LogP contribution in [0.2, 0.25) is 0 Å². The van der Waals surface area contributed by atoms with E-state index < -0.39 is 0 Å². The molecule has 0 unspecified atom stereocenters. The average Bonchev–Trinajstić information content (AvgIpc) is 3.43. The smallest absolute Gasteiger partial charge is 0.0574 e. The standard InChI is InChI=1S/C33H21NS/c1-34-29-17-15-20(21-14-16-25-24-10-6-7-13-30(24)35-31(25)19-21)18-28(29)32-26-11-4-2-8-22(26)23-9-3-5-12-27(23)33(32)34/h2-19H,1H3. The van der Waals surface area contributed by atoms with Gasteiger partial charge in [0.25, 0.3) is 0 Å². The van der Waals surface area contributed by atoms with E-state index in [1.165, 1.54) is 74.6 Å². The summed E-state index contributed by atoms with van der Waals surface area (Å²) in [5.74, 6) is 0. The molecule has 0 aliphatic carbocycles. The van der Waals surface area contributed by atoms with Gasteiger partial charge in [0.2, 0.25) is 0 Å². The molecule has 0 saturated heterocycles. The molecule has 35 heavy (non-hydrogen) atoms. The van der Waals surface area contributed by atoms with Crippen molar-refractivity contribution in [3.8, 4) is 11.1 Å². The molecular formula is C33H21NS. The quantitative estimate of drug-likeness (QED) is 0.214. The van der Waals surface area contributed by atoms with Crippen LogP contribution in [0.4, 0.5) is 0 Å². The van der Waals surface area contributed by atoms with Crippen LogP contribution in [0.5, 0.6) is 0 Å². The van der Waals surface area contributed by atoms with Gasteiger partial charge in [0.1, 0.15) is 0 Å². The number of hydrogen-bond donors (Lipinski definition) is 0. The van der Waals surface area contributed by atoms with E-state index in [2.05, 4.69) is 121 Å². The molecule has 0 atom stereocenters. The summed E-state index contributed by atoms with van der Waals surface area (Å²) in [5, 5.41) is 10.6. The summed E-state index contributed by atoms with van der Waals surface area (Å²) < 4.78 is 5.07. The van der Waals surface area contributed by atoms with Crippen molar-refractivity contribution in [3.05, 3.63) is 109 Å². The van der Waals surface area contributed by atoms with E-state index >= 15 is 0 Å². The molecule has 0 bridgehead atoms. The van der Waals surface area contributed by atoms with Crippen molar-refractivity contribution in [2.45, 2.75) is 0 Å². The first-order chi connectivity index (χ1) is 17.3. The Balaban J connectivity index is 1.46. The normalized spacial score (nSPS) is 12.1. The summed E-state index contributed by atoms with van der Waals surface area (Å²) >= 11 is 1.88. The Morgan fingerprint density at radius 3 is 1.91 bits per heavy atom. The lowest BCUT2D eigenvalue weighted by atomic mass is 9.95. The molecule has 2 heteroatoms. The van der Waals surface area contributed by atoms with Gasteiger partial charge in [-0.1, -0.05) is 84.9 Å². The third-order valence-corrected chi connectivity index (χ3v) is 8.71. The summed E-state index contributed by atoms with van der Waals surface area (Å²) in [6, 6.07) is 40.3. The molecule has 0 N–H and O–H groups in total. The number of benzene rings is 6. The average molecular weight is 464 g/mol. The summed E-state index contributed by atoms with van der Waals surface area (Å²) in [6.07, 6.45) is 0.